The maximum absolute atomic E-state index is 10.7. The number of nitrogens with zero attached hydrogens (tertiary/aromatic N) is 4. The quantitative estimate of drug-likeness (QED) is 0.568. The van der Waals surface area contributed by atoms with Crippen molar-refractivity contribution in [3.05, 3.63) is 60.3 Å². The van der Waals surface area contributed by atoms with E-state index in [-0.39, 0.29) is 0 Å². The Kier molecular flexibility index (Phi) is 3.95. The topological polar surface area (TPSA) is 71.8 Å². The van der Waals surface area contributed by atoms with Crippen LogP contribution in [-0.4, -0.2) is 25.0 Å². The summed E-state index contributed by atoms with van der Waals surface area (Å²) in [7, 11) is 0. The van der Waals surface area contributed by atoms with Crippen LogP contribution in [0.25, 0.3) is 32.6 Å². The third-order valence-electron chi connectivity index (χ3n) is 5.20. The Labute approximate surface area is 160 Å². The van der Waals surface area contributed by atoms with Crippen LogP contribution in [0.1, 0.15) is 31.5 Å². The number of aromatic nitrogens is 4. The Morgan fingerprint density at radius 2 is 1.74 bits per heavy atom. The van der Waals surface area contributed by atoms with Gasteiger partial charge in [-0.3, -0.25) is 4.98 Å². The van der Waals surface area contributed by atoms with E-state index in [4.69, 9.17) is 0 Å². The highest BCUT2D eigenvalue weighted by molar-refractivity contribution is 7.17. The lowest BCUT2D eigenvalue weighted by atomic mass is 10.0. The molecule has 1 aromatic carbocycles. The summed E-state index contributed by atoms with van der Waals surface area (Å²) < 4.78 is 1.12. The maximum atomic E-state index is 10.7. The van der Waals surface area contributed by atoms with Crippen molar-refractivity contribution in [2.45, 2.75) is 31.3 Å². The lowest BCUT2D eigenvalue weighted by Crippen LogP contribution is -2.24. The van der Waals surface area contributed by atoms with E-state index in [1.165, 1.54) is 0 Å². The van der Waals surface area contributed by atoms with Crippen molar-refractivity contribution in [2.75, 3.05) is 0 Å². The molecule has 0 atom stereocenters. The standard InChI is InChI=1S/C21H18N4OS/c26-21(6-2-3-7-21)20-23-11-15(12-24-20)14-9-16(17-5-1-4-8-22-17)19-18(10-14)25-13-27-19/h1,4-5,8-13,26H,2-3,6-7H2. The van der Waals surface area contributed by atoms with Gasteiger partial charge in [-0.25, -0.2) is 15.0 Å². The molecule has 0 unspecified atom stereocenters. The lowest BCUT2D eigenvalue weighted by Gasteiger charge is -2.20. The van der Waals surface area contributed by atoms with E-state index in [1.54, 1.807) is 29.9 Å². The van der Waals surface area contributed by atoms with E-state index in [2.05, 4.69) is 32.1 Å². The fraction of sp³-hybridized carbons (Fsp3) is 0.238. The maximum Gasteiger partial charge on any atom is 0.159 e. The number of thiazole rings is 1. The van der Waals surface area contributed by atoms with Crippen LogP contribution in [0.4, 0.5) is 0 Å². The van der Waals surface area contributed by atoms with Crippen LogP contribution >= 0.6 is 11.3 Å². The van der Waals surface area contributed by atoms with Gasteiger partial charge in [0.25, 0.3) is 0 Å². The molecule has 134 valence electrons. The highest BCUT2D eigenvalue weighted by atomic mass is 32.1. The van der Waals surface area contributed by atoms with Crippen LogP contribution < -0.4 is 0 Å². The fourth-order valence-electron chi connectivity index (χ4n) is 3.75. The zero-order valence-corrected chi connectivity index (χ0v) is 15.5. The van der Waals surface area contributed by atoms with Gasteiger partial charge < -0.3 is 5.11 Å². The van der Waals surface area contributed by atoms with Crippen LogP contribution in [-0.2, 0) is 5.60 Å². The summed E-state index contributed by atoms with van der Waals surface area (Å²) in [5.41, 5.74) is 5.82. The zero-order valence-electron chi connectivity index (χ0n) is 14.7. The third kappa shape index (κ3) is 2.91. The predicted octanol–water partition coefficient (Wildman–Crippen LogP) is 4.58. The minimum Gasteiger partial charge on any atom is -0.382 e. The molecule has 6 heteroatoms. The Morgan fingerprint density at radius 3 is 2.48 bits per heavy atom. The smallest absolute Gasteiger partial charge is 0.159 e. The number of hydrogen-bond acceptors (Lipinski definition) is 6. The Morgan fingerprint density at radius 1 is 0.926 bits per heavy atom. The average molecular weight is 374 g/mol. The van der Waals surface area contributed by atoms with Gasteiger partial charge in [-0.2, -0.15) is 0 Å². The molecular weight excluding hydrogens is 356 g/mol. The molecule has 5 nitrogen and oxygen atoms in total. The van der Waals surface area contributed by atoms with Gasteiger partial charge in [0.15, 0.2) is 5.82 Å². The SMILES string of the molecule is OC1(c2ncc(-c3cc(-c4ccccn4)c4scnc4c3)cn2)CCCC1. The highest BCUT2D eigenvalue weighted by Gasteiger charge is 2.35. The first-order valence-electron chi connectivity index (χ1n) is 9.07. The molecule has 3 heterocycles. The number of benzene rings is 1. The van der Waals surface area contributed by atoms with Gasteiger partial charge in [0.05, 0.1) is 21.4 Å². The molecule has 1 aliphatic carbocycles. The van der Waals surface area contributed by atoms with Gasteiger partial charge in [-0.05, 0) is 55.5 Å². The monoisotopic (exact) mass is 374 g/mol. The van der Waals surface area contributed by atoms with Gasteiger partial charge in [-0.1, -0.05) is 6.07 Å². The van der Waals surface area contributed by atoms with Crippen LogP contribution in [0.15, 0.2) is 54.4 Å². The minimum atomic E-state index is -0.865. The molecule has 27 heavy (non-hydrogen) atoms. The van der Waals surface area contributed by atoms with Crippen molar-refractivity contribution < 1.29 is 5.11 Å². The van der Waals surface area contributed by atoms with Crippen molar-refractivity contribution in [3.63, 3.8) is 0 Å². The molecule has 1 saturated carbocycles. The first kappa shape index (κ1) is 16.5. The van der Waals surface area contributed by atoms with Gasteiger partial charge in [0, 0.05) is 29.7 Å². The number of aliphatic hydroxyl groups is 1. The van der Waals surface area contributed by atoms with Crippen molar-refractivity contribution in [1.82, 2.24) is 19.9 Å². The van der Waals surface area contributed by atoms with Gasteiger partial charge in [-0.15, -0.1) is 11.3 Å². The molecule has 0 spiro atoms. The molecule has 0 aliphatic heterocycles. The van der Waals surface area contributed by atoms with Crippen LogP contribution in [0, 0.1) is 0 Å². The first-order valence-corrected chi connectivity index (χ1v) is 9.95. The summed E-state index contributed by atoms with van der Waals surface area (Å²) in [6.07, 6.45) is 8.92. The molecule has 1 aliphatic rings. The molecule has 0 radical (unpaired) electrons. The van der Waals surface area contributed by atoms with Crippen molar-refractivity contribution >= 4 is 21.6 Å². The second-order valence-electron chi connectivity index (χ2n) is 6.97. The van der Waals surface area contributed by atoms with Crippen LogP contribution in [0.3, 0.4) is 0 Å². The van der Waals surface area contributed by atoms with Crippen LogP contribution in [0.5, 0.6) is 0 Å². The van der Waals surface area contributed by atoms with Gasteiger partial charge in [0.1, 0.15) is 5.60 Å². The van der Waals surface area contributed by atoms with E-state index < -0.39 is 5.60 Å². The van der Waals surface area contributed by atoms with E-state index in [9.17, 15) is 5.11 Å². The average Bonchev–Trinajstić information content (AvgIpc) is 3.38. The van der Waals surface area contributed by atoms with Crippen LogP contribution in [0.2, 0.25) is 0 Å². The van der Waals surface area contributed by atoms with Crippen molar-refractivity contribution in [3.8, 4) is 22.4 Å². The normalized spacial score (nSPS) is 16.0. The number of hydrogen-bond donors (Lipinski definition) is 1. The molecular formula is C21H18N4OS. The van der Waals surface area contributed by atoms with Crippen molar-refractivity contribution in [2.24, 2.45) is 0 Å². The predicted molar refractivity (Wildman–Crippen MR) is 106 cm³/mol. The van der Waals surface area contributed by atoms with E-state index >= 15 is 0 Å². The largest absolute Gasteiger partial charge is 0.382 e. The Bertz CT molecular complexity index is 1090. The lowest BCUT2D eigenvalue weighted by molar-refractivity contribution is 0.0351. The summed E-state index contributed by atoms with van der Waals surface area (Å²) in [6, 6.07) is 10.1. The fourth-order valence-corrected chi connectivity index (χ4v) is 4.54. The molecule has 1 fully saturated rings. The highest BCUT2D eigenvalue weighted by Crippen LogP contribution is 2.38. The summed E-state index contributed by atoms with van der Waals surface area (Å²) in [5, 5.41) is 10.7. The van der Waals surface area contributed by atoms with E-state index in [1.807, 2.05) is 23.7 Å². The summed E-state index contributed by atoms with van der Waals surface area (Å²) in [6.45, 7) is 0. The minimum absolute atomic E-state index is 0.531. The molecule has 0 bridgehead atoms. The van der Waals surface area contributed by atoms with Crippen molar-refractivity contribution in [1.29, 1.82) is 0 Å². The Hall–Kier alpha value is -2.70. The summed E-state index contributed by atoms with van der Waals surface area (Å²) in [5.74, 6) is 0.531. The molecule has 0 saturated heterocycles. The first-order chi connectivity index (χ1) is 13.2. The summed E-state index contributed by atoms with van der Waals surface area (Å²) in [4.78, 5) is 18.0. The second kappa shape index (κ2) is 6.48. The van der Waals surface area contributed by atoms with Gasteiger partial charge in [0.2, 0.25) is 0 Å². The molecule has 1 N–H and O–H groups in total. The zero-order chi connectivity index (χ0) is 18.3. The molecule has 0 amide bonds. The van der Waals surface area contributed by atoms with E-state index in [0.29, 0.717) is 5.82 Å². The molecule has 5 rings (SSSR count). The van der Waals surface area contributed by atoms with Gasteiger partial charge >= 0.3 is 0 Å². The number of fused-ring (bicyclic) bond motifs is 1. The molecule has 3 aromatic heterocycles. The Balaban J connectivity index is 1.59. The molecule has 4 aromatic rings. The summed E-state index contributed by atoms with van der Waals surface area (Å²) >= 11 is 1.62. The van der Waals surface area contributed by atoms with E-state index in [0.717, 1.165) is 58.3 Å². The number of pyridine rings is 1. The number of rotatable bonds is 3. The third-order valence-corrected chi connectivity index (χ3v) is 6.08. The second-order valence-corrected chi connectivity index (χ2v) is 7.83.